The summed E-state index contributed by atoms with van der Waals surface area (Å²) in [5.74, 6) is 1.30. The second kappa shape index (κ2) is 6.78. The van der Waals surface area contributed by atoms with Crippen LogP contribution in [0.4, 0.5) is 0 Å². The molecule has 0 atom stereocenters. The van der Waals surface area contributed by atoms with E-state index in [0.717, 1.165) is 11.1 Å². The summed E-state index contributed by atoms with van der Waals surface area (Å²) in [6.45, 7) is 0.791. The summed E-state index contributed by atoms with van der Waals surface area (Å²) in [4.78, 5) is 0. The fourth-order valence-electron chi connectivity index (χ4n) is 1.87. The van der Waals surface area contributed by atoms with E-state index < -0.39 is 0 Å². The average Bonchev–Trinajstić information content (AvgIpc) is 2.46. The van der Waals surface area contributed by atoms with Crippen LogP contribution in [-0.4, -0.2) is 12.3 Å². The molecule has 0 unspecified atom stereocenters. The third-order valence-electron chi connectivity index (χ3n) is 2.77. The normalized spacial score (nSPS) is 10.2. The zero-order chi connectivity index (χ0) is 13.5. The number of para-hydroxylation sites is 1. The number of ether oxygens (including phenoxy) is 2. The van der Waals surface area contributed by atoms with Crippen LogP contribution in [0.25, 0.3) is 0 Å². The van der Waals surface area contributed by atoms with Crippen molar-refractivity contribution in [3.63, 3.8) is 0 Å². The molecule has 19 heavy (non-hydrogen) atoms. The first-order valence-electron chi connectivity index (χ1n) is 6.04. The lowest BCUT2D eigenvalue weighted by molar-refractivity contribution is 0.159. The second-order valence-electron chi connectivity index (χ2n) is 4.06. The first kappa shape index (κ1) is 13.4. The van der Waals surface area contributed by atoms with Crippen LogP contribution in [0, 0.1) is 0 Å². The highest BCUT2D eigenvalue weighted by molar-refractivity contribution is 5.46. The van der Waals surface area contributed by atoms with Crippen molar-refractivity contribution in [1.29, 1.82) is 0 Å². The van der Waals surface area contributed by atoms with Gasteiger partial charge in [0.25, 0.3) is 0 Å². The van der Waals surface area contributed by atoms with Crippen LogP contribution < -0.4 is 15.0 Å². The van der Waals surface area contributed by atoms with Crippen LogP contribution in [0.15, 0.2) is 48.5 Å². The molecule has 0 radical (unpaired) electrons. The summed E-state index contributed by atoms with van der Waals surface area (Å²) in [7, 11) is 1.59. The minimum absolute atomic E-state index is 0.311. The van der Waals surface area contributed by atoms with Crippen molar-refractivity contribution in [2.75, 3.05) is 7.11 Å². The minimum atomic E-state index is 0.311. The van der Waals surface area contributed by atoms with E-state index in [4.69, 9.17) is 14.7 Å². The molecule has 0 saturated carbocycles. The molecule has 0 bridgehead atoms. The lowest BCUT2D eigenvalue weighted by atomic mass is 10.2. The molecule has 0 aliphatic carbocycles. The van der Waals surface area contributed by atoms with Crippen LogP contribution in [-0.2, 0) is 13.2 Å². The summed E-state index contributed by atoms with van der Waals surface area (Å²) in [6.07, 6.45) is 0. The van der Waals surface area contributed by atoms with Gasteiger partial charge in [0.05, 0.1) is 7.11 Å². The average molecular weight is 259 g/mol. The molecule has 4 nitrogen and oxygen atoms in total. The first-order chi connectivity index (χ1) is 9.35. The SMILES string of the molecule is COc1c(CNO)cccc1OCc1ccccc1. The molecule has 0 fully saturated rings. The minimum Gasteiger partial charge on any atom is -0.493 e. The van der Waals surface area contributed by atoms with Crippen LogP contribution in [0.2, 0.25) is 0 Å². The van der Waals surface area contributed by atoms with E-state index in [1.807, 2.05) is 48.5 Å². The lowest BCUT2D eigenvalue weighted by Gasteiger charge is -2.14. The fourth-order valence-corrected chi connectivity index (χ4v) is 1.87. The van der Waals surface area contributed by atoms with Gasteiger partial charge in [-0.2, -0.15) is 0 Å². The van der Waals surface area contributed by atoms with Crippen LogP contribution in [0.3, 0.4) is 0 Å². The number of methoxy groups -OCH3 is 1. The number of benzene rings is 2. The molecule has 0 saturated heterocycles. The molecule has 0 aliphatic rings. The first-order valence-corrected chi connectivity index (χ1v) is 6.04. The summed E-state index contributed by atoms with van der Waals surface area (Å²) in [5.41, 5.74) is 4.06. The topological polar surface area (TPSA) is 50.7 Å². The summed E-state index contributed by atoms with van der Waals surface area (Å²) >= 11 is 0. The van der Waals surface area contributed by atoms with Crippen molar-refractivity contribution in [3.8, 4) is 11.5 Å². The number of hydrogen-bond acceptors (Lipinski definition) is 4. The van der Waals surface area contributed by atoms with Crippen LogP contribution >= 0.6 is 0 Å². The Balaban J connectivity index is 2.13. The van der Waals surface area contributed by atoms with E-state index in [-0.39, 0.29) is 0 Å². The zero-order valence-corrected chi connectivity index (χ0v) is 10.8. The van der Waals surface area contributed by atoms with E-state index in [2.05, 4.69) is 5.48 Å². The van der Waals surface area contributed by atoms with Crippen molar-refractivity contribution in [3.05, 3.63) is 59.7 Å². The maximum absolute atomic E-state index is 8.79. The maximum Gasteiger partial charge on any atom is 0.165 e. The van der Waals surface area contributed by atoms with E-state index in [0.29, 0.717) is 24.7 Å². The Labute approximate surface area is 112 Å². The molecule has 0 aliphatic heterocycles. The van der Waals surface area contributed by atoms with Gasteiger partial charge in [-0.05, 0) is 11.6 Å². The Morgan fingerprint density at radius 3 is 2.53 bits per heavy atom. The highest BCUT2D eigenvalue weighted by Gasteiger charge is 2.09. The van der Waals surface area contributed by atoms with E-state index in [1.54, 1.807) is 7.11 Å². The third kappa shape index (κ3) is 3.47. The van der Waals surface area contributed by atoms with Gasteiger partial charge in [0.2, 0.25) is 0 Å². The van der Waals surface area contributed by atoms with Crippen molar-refractivity contribution in [2.24, 2.45) is 0 Å². The molecular formula is C15H17NO3. The standard InChI is InChI=1S/C15H17NO3/c1-18-15-13(10-16-17)8-5-9-14(15)19-11-12-6-3-2-4-7-12/h2-9,16-17H,10-11H2,1H3. The number of hydroxylamine groups is 1. The molecule has 0 heterocycles. The Morgan fingerprint density at radius 2 is 1.84 bits per heavy atom. The summed E-state index contributed by atoms with van der Waals surface area (Å²) in [5, 5.41) is 8.79. The molecule has 0 aromatic heterocycles. The van der Waals surface area contributed by atoms with Crippen molar-refractivity contribution in [2.45, 2.75) is 13.2 Å². The monoisotopic (exact) mass is 259 g/mol. The fraction of sp³-hybridized carbons (Fsp3) is 0.200. The lowest BCUT2D eigenvalue weighted by Crippen LogP contribution is -2.08. The molecule has 2 aromatic carbocycles. The van der Waals surface area contributed by atoms with Gasteiger partial charge in [-0.1, -0.05) is 42.5 Å². The van der Waals surface area contributed by atoms with Crippen molar-refractivity contribution < 1.29 is 14.7 Å². The molecule has 0 amide bonds. The summed E-state index contributed by atoms with van der Waals surface area (Å²) < 4.78 is 11.1. The van der Waals surface area contributed by atoms with Gasteiger partial charge in [0.1, 0.15) is 6.61 Å². The smallest absolute Gasteiger partial charge is 0.165 e. The Kier molecular flexibility index (Phi) is 4.78. The van der Waals surface area contributed by atoms with E-state index in [1.165, 1.54) is 0 Å². The predicted octanol–water partition coefficient (Wildman–Crippen LogP) is 2.75. The highest BCUT2D eigenvalue weighted by atomic mass is 16.5. The Morgan fingerprint density at radius 1 is 1.05 bits per heavy atom. The van der Waals surface area contributed by atoms with Gasteiger partial charge < -0.3 is 14.7 Å². The molecule has 100 valence electrons. The molecule has 0 spiro atoms. The largest absolute Gasteiger partial charge is 0.493 e. The molecule has 2 aromatic rings. The highest BCUT2D eigenvalue weighted by Crippen LogP contribution is 2.31. The van der Waals surface area contributed by atoms with Gasteiger partial charge in [0.15, 0.2) is 11.5 Å². The number of hydrogen-bond donors (Lipinski definition) is 2. The van der Waals surface area contributed by atoms with Gasteiger partial charge in [-0.15, -0.1) is 0 Å². The quantitative estimate of drug-likeness (QED) is 0.783. The molecular weight excluding hydrogens is 242 g/mol. The Hall–Kier alpha value is -2.04. The van der Waals surface area contributed by atoms with Crippen LogP contribution in [0.1, 0.15) is 11.1 Å². The van der Waals surface area contributed by atoms with Crippen LogP contribution in [0.5, 0.6) is 11.5 Å². The maximum atomic E-state index is 8.79. The number of nitrogens with one attached hydrogen (secondary N) is 1. The third-order valence-corrected chi connectivity index (χ3v) is 2.77. The summed E-state index contributed by atoms with van der Waals surface area (Å²) in [6, 6.07) is 15.5. The van der Waals surface area contributed by atoms with Gasteiger partial charge >= 0.3 is 0 Å². The van der Waals surface area contributed by atoms with Crippen molar-refractivity contribution in [1.82, 2.24) is 5.48 Å². The number of rotatable bonds is 6. The van der Waals surface area contributed by atoms with Gasteiger partial charge in [-0.25, -0.2) is 5.48 Å². The van der Waals surface area contributed by atoms with Gasteiger partial charge in [-0.3, -0.25) is 0 Å². The molecule has 2 rings (SSSR count). The zero-order valence-electron chi connectivity index (χ0n) is 10.8. The predicted molar refractivity (Wildman–Crippen MR) is 72.4 cm³/mol. The van der Waals surface area contributed by atoms with E-state index in [9.17, 15) is 0 Å². The second-order valence-corrected chi connectivity index (χ2v) is 4.06. The molecule has 2 N–H and O–H groups in total. The van der Waals surface area contributed by atoms with E-state index >= 15 is 0 Å². The van der Waals surface area contributed by atoms with Gasteiger partial charge in [0, 0.05) is 12.1 Å². The van der Waals surface area contributed by atoms with Crippen molar-refractivity contribution >= 4 is 0 Å². The Bertz CT molecular complexity index is 514. The molecule has 4 heteroatoms.